The molecular formula is C27H24N2O3S. The van der Waals surface area contributed by atoms with Gasteiger partial charge in [0.1, 0.15) is 11.5 Å². The van der Waals surface area contributed by atoms with Gasteiger partial charge in [0.05, 0.1) is 28.8 Å². The summed E-state index contributed by atoms with van der Waals surface area (Å²) in [6.45, 7) is 3.32. The molecule has 5 nitrogen and oxygen atoms in total. The second kappa shape index (κ2) is 8.28. The highest BCUT2D eigenvalue weighted by Crippen LogP contribution is 2.45. The number of carbonyl (C=O) groups excluding carboxylic acids is 1. The van der Waals surface area contributed by atoms with Crippen LogP contribution in [0.25, 0.3) is 10.2 Å². The second-order valence-corrected chi connectivity index (χ2v) is 9.67. The minimum absolute atomic E-state index is 0.00415. The van der Waals surface area contributed by atoms with Gasteiger partial charge in [-0.1, -0.05) is 53.8 Å². The molecule has 0 radical (unpaired) electrons. The van der Waals surface area contributed by atoms with E-state index in [4.69, 9.17) is 14.5 Å². The van der Waals surface area contributed by atoms with Crippen LogP contribution in [0.5, 0.6) is 11.5 Å². The normalized spacial score (nSPS) is 17.4. The third kappa shape index (κ3) is 3.69. The molecule has 1 atom stereocenters. The lowest BCUT2D eigenvalue weighted by atomic mass is 9.87. The van der Waals surface area contributed by atoms with Crippen LogP contribution in [0, 0.1) is 6.92 Å². The van der Waals surface area contributed by atoms with Gasteiger partial charge in [-0.3, -0.25) is 9.69 Å². The molecule has 0 saturated carbocycles. The molecule has 2 aliphatic heterocycles. The Kier molecular flexibility index (Phi) is 5.12. The number of thiazole rings is 1. The van der Waals surface area contributed by atoms with Crippen LogP contribution in [0.3, 0.4) is 0 Å². The van der Waals surface area contributed by atoms with Crippen LogP contribution in [0.1, 0.15) is 35.4 Å². The molecule has 33 heavy (non-hydrogen) atoms. The summed E-state index contributed by atoms with van der Waals surface area (Å²) in [6.07, 6.45) is 2.00. The van der Waals surface area contributed by atoms with Crippen LogP contribution in [0.15, 0.2) is 66.7 Å². The molecule has 1 saturated heterocycles. The molecule has 4 aromatic rings. The van der Waals surface area contributed by atoms with Gasteiger partial charge in [-0.05, 0) is 49.6 Å². The number of nitrogens with zero attached hydrogens (tertiary/aromatic N) is 2. The molecule has 6 rings (SSSR count). The van der Waals surface area contributed by atoms with E-state index in [0.29, 0.717) is 6.54 Å². The molecule has 2 aliphatic rings. The quantitative estimate of drug-likeness (QED) is 0.375. The van der Waals surface area contributed by atoms with E-state index in [1.54, 1.807) is 11.3 Å². The Hall–Kier alpha value is -3.22. The average molecular weight is 457 g/mol. The Morgan fingerprint density at radius 3 is 2.48 bits per heavy atom. The number of anilines is 1. The SMILES string of the molecule is Cc1ccc2nc(N(CC3CCCO3)C(=O)C3c4ccccc4Oc4ccccc43)sc2c1. The van der Waals surface area contributed by atoms with Gasteiger partial charge in [-0.2, -0.15) is 0 Å². The smallest absolute Gasteiger partial charge is 0.241 e. The lowest BCUT2D eigenvalue weighted by Gasteiger charge is -2.32. The van der Waals surface area contributed by atoms with Crippen LogP contribution in [0.2, 0.25) is 0 Å². The van der Waals surface area contributed by atoms with E-state index >= 15 is 0 Å². The van der Waals surface area contributed by atoms with Gasteiger partial charge in [0.15, 0.2) is 5.13 Å². The molecule has 166 valence electrons. The second-order valence-electron chi connectivity index (χ2n) is 8.66. The molecule has 1 aromatic heterocycles. The van der Waals surface area contributed by atoms with Crippen molar-refractivity contribution in [3.63, 3.8) is 0 Å². The molecule has 1 fully saturated rings. The average Bonchev–Trinajstić information content (AvgIpc) is 3.50. The Bertz CT molecular complexity index is 1300. The maximum absolute atomic E-state index is 14.3. The first-order chi connectivity index (χ1) is 16.2. The fraction of sp³-hybridized carbons (Fsp3) is 0.259. The number of hydrogen-bond donors (Lipinski definition) is 0. The van der Waals surface area contributed by atoms with Crippen molar-refractivity contribution >= 4 is 32.6 Å². The molecule has 0 spiro atoms. The third-order valence-electron chi connectivity index (χ3n) is 6.37. The van der Waals surface area contributed by atoms with Crippen molar-refractivity contribution in [3.05, 3.63) is 83.4 Å². The van der Waals surface area contributed by atoms with Crippen molar-refractivity contribution in [1.29, 1.82) is 0 Å². The lowest BCUT2D eigenvalue weighted by molar-refractivity contribution is -0.119. The van der Waals surface area contributed by atoms with Gasteiger partial charge in [-0.15, -0.1) is 0 Å². The summed E-state index contributed by atoms with van der Waals surface area (Å²) in [5.41, 5.74) is 3.87. The number of benzene rings is 3. The van der Waals surface area contributed by atoms with Crippen molar-refractivity contribution in [2.24, 2.45) is 0 Å². The third-order valence-corrected chi connectivity index (χ3v) is 7.41. The number of fused-ring (bicyclic) bond motifs is 3. The summed E-state index contributed by atoms with van der Waals surface area (Å²) in [7, 11) is 0. The Labute approximate surface area is 196 Å². The Balaban J connectivity index is 1.46. The number of amides is 1. The van der Waals surface area contributed by atoms with Crippen LogP contribution < -0.4 is 9.64 Å². The predicted molar refractivity (Wildman–Crippen MR) is 130 cm³/mol. The highest BCUT2D eigenvalue weighted by molar-refractivity contribution is 7.22. The highest BCUT2D eigenvalue weighted by Gasteiger charge is 2.37. The van der Waals surface area contributed by atoms with E-state index in [-0.39, 0.29) is 12.0 Å². The summed E-state index contributed by atoms with van der Waals surface area (Å²) in [5, 5.41) is 0.720. The van der Waals surface area contributed by atoms with Gasteiger partial charge in [0.25, 0.3) is 0 Å². The first kappa shape index (κ1) is 20.4. The Morgan fingerprint density at radius 1 is 1.06 bits per heavy atom. The highest BCUT2D eigenvalue weighted by atomic mass is 32.1. The predicted octanol–water partition coefficient (Wildman–Crippen LogP) is 6.05. The van der Waals surface area contributed by atoms with Crippen molar-refractivity contribution in [2.75, 3.05) is 18.1 Å². The van der Waals surface area contributed by atoms with E-state index < -0.39 is 5.92 Å². The Morgan fingerprint density at radius 2 is 1.79 bits per heavy atom. The molecule has 6 heteroatoms. The maximum atomic E-state index is 14.3. The van der Waals surface area contributed by atoms with Crippen molar-refractivity contribution in [1.82, 2.24) is 4.98 Å². The van der Waals surface area contributed by atoms with Gasteiger partial charge >= 0.3 is 0 Å². The summed E-state index contributed by atoms with van der Waals surface area (Å²) in [6, 6.07) is 21.8. The van der Waals surface area contributed by atoms with E-state index in [1.807, 2.05) is 59.5 Å². The minimum Gasteiger partial charge on any atom is -0.457 e. The van der Waals surface area contributed by atoms with Crippen LogP contribution in [-0.2, 0) is 9.53 Å². The molecule has 0 N–H and O–H groups in total. The summed E-state index contributed by atoms with van der Waals surface area (Å²) in [4.78, 5) is 21.0. The molecule has 1 unspecified atom stereocenters. The number of aryl methyl sites for hydroxylation is 1. The number of aromatic nitrogens is 1. The van der Waals surface area contributed by atoms with Crippen LogP contribution in [0.4, 0.5) is 5.13 Å². The van der Waals surface area contributed by atoms with Gasteiger partial charge in [0.2, 0.25) is 5.91 Å². The van der Waals surface area contributed by atoms with Crippen LogP contribution in [-0.4, -0.2) is 30.1 Å². The lowest BCUT2D eigenvalue weighted by Crippen LogP contribution is -2.41. The molecule has 3 heterocycles. The van der Waals surface area contributed by atoms with Gasteiger partial charge in [-0.25, -0.2) is 4.98 Å². The molecule has 3 aromatic carbocycles. The summed E-state index contributed by atoms with van der Waals surface area (Å²) in [5.74, 6) is 1.00. The fourth-order valence-electron chi connectivity index (χ4n) is 4.72. The standard InChI is InChI=1S/C27H24N2O3S/c1-17-12-13-21-24(15-17)33-27(28-21)29(16-18-7-6-14-31-18)26(30)25-19-8-2-4-10-22(19)32-23-11-5-3-9-20(23)25/h2-5,8-13,15,18,25H,6-7,14,16H2,1H3. The topological polar surface area (TPSA) is 51.7 Å². The fourth-order valence-corrected chi connectivity index (χ4v) is 5.80. The molecule has 1 amide bonds. The van der Waals surface area contributed by atoms with Gasteiger partial charge < -0.3 is 9.47 Å². The number of ether oxygens (including phenoxy) is 2. The van der Waals surface area contributed by atoms with Crippen molar-refractivity contribution < 1.29 is 14.3 Å². The van der Waals surface area contributed by atoms with Crippen molar-refractivity contribution in [3.8, 4) is 11.5 Å². The zero-order valence-electron chi connectivity index (χ0n) is 18.4. The van der Waals surface area contributed by atoms with E-state index in [1.165, 1.54) is 5.56 Å². The molecular weight excluding hydrogens is 432 g/mol. The monoisotopic (exact) mass is 456 g/mol. The largest absolute Gasteiger partial charge is 0.457 e. The number of hydrogen-bond acceptors (Lipinski definition) is 5. The first-order valence-electron chi connectivity index (χ1n) is 11.3. The molecule has 0 aliphatic carbocycles. The number of rotatable bonds is 4. The minimum atomic E-state index is -0.457. The van der Waals surface area contributed by atoms with Crippen LogP contribution >= 0.6 is 11.3 Å². The summed E-state index contributed by atoms with van der Waals surface area (Å²) < 4.78 is 13.1. The summed E-state index contributed by atoms with van der Waals surface area (Å²) >= 11 is 1.57. The van der Waals surface area contributed by atoms with E-state index in [2.05, 4.69) is 19.1 Å². The van der Waals surface area contributed by atoms with Crippen molar-refractivity contribution in [2.45, 2.75) is 31.8 Å². The number of carbonyl (C=O) groups is 1. The molecule has 0 bridgehead atoms. The number of para-hydroxylation sites is 2. The zero-order chi connectivity index (χ0) is 22.4. The maximum Gasteiger partial charge on any atom is 0.241 e. The van der Waals surface area contributed by atoms with E-state index in [0.717, 1.165) is 57.4 Å². The zero-order valence-corrected chi connectivity index (χ0v) is 19.2. The first-order valence-corrected chi connectivity index (χ1v) is 12.1. The van der Waals surface area contributed by atoms with Gasteiger partial charge in [0, 0.05) is 17.7 Å². The van der Waals surface area contributed by atoms with E-state index in [9.17, 15) is 4.79 Å².